The molecule has 32 heavy (non-hydrogen) atoms. The molecular formula is C25H29N3O3S. The van der Waals surface area contributed by atoms with Gasteiger partial charge in [-0.15, -0.1) is 6.58 Å². The number of aryl methyl sites for hydroxylation is 1. The van der Waals surface area contributed by atoms with Crippen LogP contribution in [0.1, 0.15) is 47.1 Å². The van der Waals surface area contributed by atoms with Crippen molar-refractivity contribution in [1.29, 1.82) is 0 Å². The van der Waals surface area contributed by atoms with Gasteiger partial charge in [0, 0.05) is 18.2 Å². The molecule has 1 amide bonds. The molecule has 0 saturated carbocycles. The second-order valence-electron chi connectivity index (χ2n) is 8.02. The molecule has 1 aromatic heterocycles. The van der Waals surface area contributed by atoms with E-state index in [2.05, 4.69) is 11.6 Å². The molecule has 1 heterocycles. The molecule has 0 N–H and O–H groups in total. The fourth-order valence-electron chi connectivity index (χ4n) is 3.65. The minimum atomic E-state index is -3.68. The summed E-state index contributed by atoms with van der Waals surface area (Å²) in [4.78, 5) is 19.0. The van der Waals surface area contributed by atoms with Crippen molar-refractivity contribution >= 4 is 15.7 Å². The van der Waals surface area contributed by atoms with E-state index in [-0.39, 0.29) is 29.4 Å². The van der Waals surface area contributed by atoms with Gasteiger partial charge in [-0.3, -0.25) is 4.79 Å². The van der Waals surface area contributed by atoms with Crippen molar-refractivity contribution in [2.24, 2.45) is 0 Å². The molecule has 0 bridgehead atoms. The van der Waals surface area contributed by atoms with Gasteiger partial charge in [0.25, 0.3) is 5.91 Å². The SMILES string of the molecule is C=CCN(Cc1cnc(S(=O)(=O)Cc2ccccc2C)n1C(C)C)C(=O)c1ccccc1. The smallest absolute Gasteiger partial charge is 0.254 e. The maximum Gasteiger partial charge on any atom is 0.254 e. The molecule has 0 saturated heterocycles. The summed E-state index contributed by atoms with van der Waals surface area (Å²) in [6, 6.07) is 16.3. The number of benzene rings is 2. The highest BCUT2D eigenvalue weighted by molar-refractivity contribution is 7.90. The summed E-state index contributed by atoms with van der Waals surface area (Å²) in [5, 5.41) is 0.0245. The topological polar surface area (TPSA) is 72.3 Å². The van der Waals surface area contributed by atoms with Crippen LogP contribution in [0.25, 0.3) is 0 Å². The third-order valence-electron chi connectivity index (χ3n) is 5.25. The van der Waals surface area contributed by atoms with Crippen LogP contribution >= 0.6 is 0 Å². The zero-order valence-corrected chi connectivity index (χ0v) is 19.5. The Morgan fingerprint density at radius 3 is 2.41 bits per heavy atom. The Morgan fingerprint density at radius 1 is 1.12 bits per heavy atom. The van der Waals surface area contributed by atoms with Crippen LogP contribution in [0.4, 0.5) is 0 Å². The molecule has 3 rings (SSSR count). The zero-order valence-electron chi connectivity index (χ0n) is 18.7. The summed E-state index contributed by atoms with van der Waals surface area (Å²) in [7, 11) is -3.68. The van der Waals surface area contributed by atoms with Gasteiger partial charge in [0.1, 0.15) is 0 Å². The van der Waals surface area contributed by atoms with Crippen LogP contribution in [0.15, 0.2) is 78.6 Å². The van der Waals surface area contributed by atoms with Gasteiger partial charge >= 0.3 is 0 Å². The number of nitrogens with zero attached hydrogens (tertiary/aromatic N) is 3. The molecule has 0 radical (unpaired) electrons. The normalized spacial score (nSPS) is 11.5. The zero-order chi connectivity index (χ0) is 23.3. The van der Waals surface area contributed by atoms with E-state index in [0.717, 1.165) is 11.1 Å². The van der Waals surface area contributed by atoms with E-state index in [1.54, 1.807) is 33.9 Å². The van der Waals surface area contributed by atoms with Crippen molar-refractivity contribution < 1.29 is 13.2 Å². The molecule has 3 aromatic rings. The van der Waals surface area contributed by atoms with Crippen molar-refractivity contribution in [3.63, 3.8) is 0 Å². The number of carbonyl (C=O) groups excluding carboxylic acids is 1. The van der Waals surface area contributed by atoms with E-state index in [1.807, 2.05) is 63.2 Å². The number of carbonyl (C=O) groups is 1. The lowest BCUT2D eigenvalue weighted by Gasteiger charge is -2.23. The van der Waals surface area contributed by atoms with Crippen molar-refractivity contribution in [3.05, 3.63) is 95.8 Å². The third-order valence-corrected chi connectivity index (χ3v) is 6.80. The Balaban J connectivity index is 1.95. The van der Waals surface area contributed by atoms with E-state index < -0.39 is 9.84 Å². The molecule has 0 unspecified atom stereocenters. The van der Waals surface area contributed by atoms with Gasteiger partial charge in [0.15, 0.2) is 0 Å². The fourth-order valence-corrected chi connectivity index (χ4v) is 5.36. The Hall–Kier alpha value is -3.19. The van der Waals surface area contributed by atoms with Crippen LogP contribution in [0.5, 0.6) is 0 Å². The van der Waals surface area contributed by atoms with Crippen molar-refractivity contribution in [1.82, 2.24) is 14.5 Å². The summed E-state index contributed by atoms with van der Waals surface area (Å²) < 4.78 is 28.3. The molecule has 0 aliphatic heterocycles. The minimum Gasteiger partial charge on any atom is -0.329 e. The van der Waals surface area contributed by atoms with E-state index >= 15 is 0 Å². The molecule has 0 aliphatic carbocycles. The number of imidazole rings is 1. The van der Waals surface area contributed by atoms with Gasteiger partial charge in [-0.25, -0.2) is 13.4 Å². The van der Waals surface area contributed by atoms with Gasteiger partial charge < -0.3 is 9.47 Å². The first-order chi connectivity index (χ1) is 15.2. The number of amides is 1. The van der Waals surface area contributed by atoms with Crippen LogP contribution in [-0.4, -0.2) is 35.3 Å². The number of aromatic nitrogens is 2. The summed E-state index contributed by atoms with van der Waals surface area (Å²) >= 11 is 0. The van der Waals surface area contributed by atoms with Gasteiger partial charge in [0.05, 0.1) is 24.2 Å². The second-order valence-corrected chi connectivity index (χ2v) is 9.91. The van der Waals surface area contributed by atoms with E-state index in [4.69, 9.17) is 0 Å². The quantitative estimate of drug-likeness (QED) is 0.447. The first-order valence-electron chi connectivity index (χ1n) is 10.5. The molecule has 0 atom stereocenters. The molecule has 6 nitrogen and oxygen atoms in total. The van der Waals surface area contributed by atoms with Crippen LogP contribution < -0.4 is 0 Å². The average molecular weight is 452 g/mol. The molecule has 2 aromatic carbocycles. The van der Waals surface area contributed by atoms with Crippen LogP contribution in [0, 0.1) is 6.92 Å². The molecular weight excluding hydrogens is 422 g/mol. The Labute approximate surface area is 190 Å². The van der Waals surface area contributed by atoms with Gasteiger partial charge in [-0.1, -0.05) is 48.5 Å². The number of hydrogen-bond acceptors (Lipinski definition) is 4. The predicted molar refractivity (Wildman–Crippen MR) is 126 cm³/mol. The highest BCUT2D eigenvalue weighted by Crippen LogP contribution is 2.24. The maximum atomic E-state index is 13.3. The highest BCUT2D eigenvalue weighted by atomic mass is 32.2. The molecule has 7 heteroatoms. The highest BCUT2D eigenvalue weighted by Gasteiger charge is 2.27. The Morgan fingerprint density at radius 2 is 1.78 bits per heavy atom. The molecule has 0 aliphatic rings. The summed E-state index contributed by atoms with van der Waals surface area (Å²) in [5.41, 5.74) is 2.90. The van der Waals surface area contributed by atoms with Gasteiger partial charge in [0.2, 0.25) is 15.0 Å². The standard InChI is InChI=1S/C25H29N3O3S/c1-5-15-27(24(29)21-12-7-6-8-13-21)17-23-16-26-25(28(23)19(2)3)32(30,31)18-22-14-10-9-11-20(22)4/h5-14,16,19H,1,15,17-18H2,2-4H3. The van der Waals surface area contributed by atoms with Crippen LogP contribution in [0.3, 0.4) is 0 Å². The molecule has 168 valence electrons. The second kappa shape index (κ2) is 9.96. The summed E-state index contributed by atoms with van der Waals surface area (Å²) in [5.74, 6) is -0.270. The Kier molecular flexibility index (Phi) is 7.30. The number of hydrogen-bond donors (Lipinski definition) is 0. The third kappa shape index (κ3) is 5.16. The largest absolute Gasteiger partial charge is 0.329 e. The van der Waals surface area contributed by atoms with E-state index in [9.17, 15) is 13.2 Å². The predicted octanol–water partition coefficient (Wildman–Crippen LogP) is 4.57. The van der Waals surface area contributed by atoms with Crippen LogP contribution in [0.2, 0.25) is 0 Å². The lowest BCUT2D eigenvalue weighted by Crippen LogP contribution is -2.32. The monoisotopic (exact) mass is 451 g/mol. The van der Waals surface area contributed by atoms with Crippen molar-refractivity contribution in [3.8, 4) is 0 Å². The molecule has 0 spiro atoms. The average Bonchev–Trinajstić information content (AvgIpc) is 3.20. The maximum absolute atomic E-state index is 13.3. The van der Waals surface area contributed by atoms with E-state index in [0.29, 0.717) is 17.8 Å². The van der Waals surface area contributed by atoms with Crippen molar-refractivity contribution in [2.75, 3.05) is 6.54 Å². The summed E-state index contributed by atoms with van der Waals surface area (Å²) in [6.07, 6.45) is 3.21. The van der Waals surface area contributed by atoms with E-state index in [1.165, 1.54) is 0 Å². The lowest BCUT2D eigenvalue weighted by molar-refractivity contribution is 0.0758. The minimum absolute atomic E-state index is 0.0245. The van der Waals surface area contributed by atoms with Gasteiger partial charge in [-0.05, 0) is 44.0 Å². The summed E-state index contributed by atoms with van der Waals surface area (Å²) in [6.45, 7) is 10.0. The fraction of sp³-hybridized carbons (Fsp3) is 0.280. The van der Waals surface area contributed by atoms with Gasteiger partial charge in [-0.2, -0.15) is 0 Å². The first kappa shape index (κ1) is 23.5. The lowest BCUT2D eigenvalue weighted by atomic mass is 10.1. The van der Waals surface area contributed by atoms with Crippen LogP contribution in [-0.2, 0) is 22.1 Å². The Bertz CT molecular complexity index is 1200. The van der Waals surface area contributed by atoms with Crippen molar-refractivity contribution in [2.45, 2.75) is 44.3 Å². The first-order valence-corrected chi connectivity index (χ1v) is 12.2. The number of rotatable bonds is 9. The molecule has 0 fully saturated rings. The number of sulfone groups is 1.